The Hall–Kier alpha value is -1.57. The highest BCUT2D eigenvalue weighted by molar-refractivity contribution is 5.85. The van der Waals surface area contributed by atoms with E-state index in [2.05, 4.69) is 37.0 Å². The molecule has 0 saturated heterocycles. The first-order chi connectivity index (χ1) is 8.65. The third kappa shape index (κ3) is 1.86. The Morgan fingerprint density at radius 1 is 1.17 bits per heavy atom. The number of ketones is 1. The van der Waals surface area contributed by atoms with Crippen molar-refractivity contribution in [2.45, 2.75) is 45.4 Å². The molecule has 0 aliphatic heterocycles. The van der Waals surface area contributed by atoms with Crippen LogP contribution in [0.1, 0.15) is 48.4 Å². The molecule has 18 heavy (non-hydrogen) atoms. The lowest BCUT2D eigenvalue weighted by Gasteiger charge is -2.21. The molecular formula is C16H19NO. The van der Waals surface area contributed by atoms with E-state index < -0.39 is 0 Å². The number of aryl methyl sites for hydroxylation is 2. The minimum absolute atomic E-state index is 0.431. The molecule has 1 N–H and O–H groups in total. The summed E-state index contributed by atoms with van der Waals surface area (Å²) in [6.45, 7) is 4.29. The van der Waals surface area contributed by atoms with Gasteiger partial charge in [0, 0.05) is 29.4 Å². The Labute approximate surface area is 107 Å². The molecule has 1 aromatic carbocycles. The molecule has 3 rings (SSSR count). The van der Waals surface area contributed by atoms with Crippen molar-refractivity contribution in [1.29, 1.82) is 0 Å². The number of aromatic nitrogens is 1. The predicted molar refractivity (Wildman–Crippen MR) is 74.0 cm³/mol. The summed E-state index contributed by atoms with van der Waals surface area (Å²) in [5, 5.41) is 1.34. The lowest BCUT2D eigenvalue weighted by molar-refractivity contribution is -0.120. The third-order valence-electron chi connectivity index (χ3n) is 4.35. The van der Waals surface area contributed by atoms with Crippen molar-refractivity contribution in [3.8, 4) is 0 Å². The summed E-state index contributed by atoms with van der Waals surface area (Å²) in [5.74, 6) is 1.00. The second kappa shape index (κ2) is 4.27. The van der Waals surface area contributed by atoms with Crippen molar-refractivity contribution in [2.24, 2.45) is 0 Å². The Kier molecular flexibility index (Phi) is 2.73. The zero-order chi connectivity index (χ0) is 12.7. The molecule has 0 bridgehead atoms. The number of hydrogen-bond donors (Lipinski definition) is 1. The number of hydrogen-bond acceptors (Lipinski definition) is 1. The van der Waals surface area contributed by atoms with Gasteiger partial charge >= 0.3 is 0 Å². The Bertz CT molecular complexity index is 599. The van der Waals surface area contributed by atoms with Crippen LogP contribution in [-0.2, 0) is 4.79 Å². The molecule has 0 amide bonds. The van der Waals surface area contributed by atoms with Crippen molar-refractivity contribution >= 4 is 16.7 Å². The minimum atomic E-state index is 0.431. The van der Waals surface area contributed by atoms with Gasteiger partial charge in [-0.05, 0) is 55.9 Å². The zero-order valence-corrected chi connectivity index (χ0v) is 11.0. The van der Waals surface area contributed by atoms with Gasteiger partial charge < -0.3 is 4.98 Å². The summed E-state index contributed by atoms with van der Waals surface area (Å²) in [7, 11) is 0. The predicted octanol–water partition coefficient (Wildman–Crippen LogP) is 4.01. The number of nitrogens with one attached hydrogen (secondary N) is 1. The molecule has 2 heteroatoms. The van der Waals surface area contributed by atoms with Gasteiger partial charge in [0.05, 0.1) is 0 Å². The first kappa shape index (κ1) is 11.5. The molecule has 1 heterocycles. The van der Waals surface area contributed by atoms with Crippen LogP contribution >= 0.6 is 0 Å². The van der Waals surface area contributed by atoms with Crippen molar-refractivity contribution in [1.82, 2.24) is 4.98 Å². The molecule has 1 aromatic heterocycles. The molecular weight excluding hydrogens is 222 g/mol. The smallest absolute Gasteiger partial charge is 0.132 e. The summed E-state index contributed by atoms with van der Waals surface area (Å²) in [6.07, 6.45) is 3.56. The van der Waals surface area contributed by atoms with Crippen molar-refractivity contribution in [3.63, 3.8) is 0 Å². The SMILES string of the molecule is Cc1[nH]c2ccc(C3CCC(=O)CC3)cc2c1C. The number of H-pyrrole nitrogens is 1. The molecule has 1 aliphatic carbocycles. The number of benzene rings is 1. The molecule has 1 saturated carbocycles. The van der Waals surface area contributed by atoms with E-state index in [4.69, 9.17) is 0 Å². The van der Waals surface area contributed by atoms with Crippen LogP contribution in [0.3, 0.4) is 0 Å². The molecule has 0 unspecified atom stereocenters. The Morgan fingerprint density at radius 2 is 1.89 bits per heavy atom. The third-order valence-corrected chi connectivity index (χ3v) is 4.35. The van der Waals surface area contributed by atoms with E-state index in [-0.39, 0.29) is 0 Å². The lowest BCUT2D eigenvalue weighted by atomic mass is 9.83. The quantitative estimate of drug-likeness (QED) is 0.804. The van der Waals surface area contributed by atoms with E-state index in [1.54, 1.807) is 0 Å². The van der Waals surface area contributed by atoms with Crippen LogP contribution < -0.4 is 0 Å². The fourth-order valence-corrected chi connectivity index (χ4v) is 3.01. The highest BCUT2D eigenvalue weighted by Gasteiger charge is 2.20. The topological polar surface area (TPSA) is 32.9 Å². The maximum atomic E-state index is 11.3. The molecule has 2 nitrogen and oxygen atoms in total. The van der Waals surface area contributed by atoms with E-state index >= 15 is 0 Å². The fraction of sp³-hybridized carbons (Fsp3) is 0.438. The maximum absolute atomic E-state index is 11.3. The normalized spacial score (nSPS) is 17.6. The van der Waals surface area contributed by atoms with Gasteiger partial charge in [-0.25, -0.2) is 0 Å². The zero-order valence-electron chi connectivity index (χ0n) is 11.0. The van der Waals surface area contributed by atoms with Crippen molar-refractivity contribution in [3.05, 3.63) is 35.0 Å². The van der Waals surface area contributed by atoms with Crippen molar-refractivity contribution < 1.29 is 4.79 Å². The number of Topliss-reactive ketones (excluding diaryl/α,β-unsaturated/α-hetero) is 1. The highest BCUT2D eigenvalue weighted by atomic mass is 16.1. The standard InChI is InChI=1S/C16H19NO/c1-10-11(2)17-16-8-5-13(9-15(10)16)12-3-6-14(18)7-4-12/h5,8-9,12,17H,3-4,6-7H2,1-2H3. The summed E-state index contributed by atoms with van der Waals surface area (Å²) in [5.41, 5.74) is 5.22. The van der Waals surface area contributed by atoms with Gasteiger partial charge in [0.1, 0.15) is 5.78 Å². The van der Waals surface area contributed by atoms with E-state index in [0.29, 0.717) is 11.7 Å². The van der Waals surface area contributed by atoms with Crippen LogP contribution in [0.5, 0.6) is 0 Å². The van der Waals surface area contributed by atoms with Gasteiger partial charge in [0.25, 0.3) is 0 Å². The van der Waals surface area contributed by atoms with E-state index in [0.717, 1.165) is 25.7 Å². The first-order valence-corrected chi connectivity index (χ1v) is 6.75. The summed E-state index contributed by atoms with van der Waals surface area (Å²) < 4.78 is 0. The summed E-state index contributed by atoms with van der Waals surface area (Å²) >= 11 is 0. The largest absolute Gasteiger partial charge is 0.358 e. The number of carbonyl (C=O) groups excluding carboxylic acids is 1. The fourth-order valence-electron chi connectivity index (χ4n) is 3.01. The molecule has 0 atom stereocenters. The number of rotatable bonds is 1. The van der Waals surface area contributed by atoms with Gasteiger partial charge in [-0.3, -0.25) is 4.79 Å². The van der Waals surface area contributed by atoms with Crippen LogP contribution in [0.15, 0.2) is 18.2 Å². The van der Waals surface area contributed by atoms with Crippen LogP contribution in [-0.4, -0.2) is 10.8 Å². The summed E-state index contributed by atoms with van der Waals surface area (Å²) in [4.78, 5) is 14.7. The van der Waals surface area contributed by atoms with E-state index in [9.17, 15) is 4.79 Å². The van der Waals surface area contributed by atoms with Crippen LogP contribution in [0, 0.1) is 13.8 Å². The molecule has 0 radical (unpaired) electrons. The Morgan fingerprint density at radius 3 is 2.61 bits per heavy atom. The van der Waals surface area contributed by atoms with Gasteiger partial charge in [0.15, 0.2) is 0 Å². The van der Waals surface area contributed by atoms with Gasteiger partial charge in [-0.15, -0.1) is 0 Å². The summed E-state index contributed by atoms with van der Waals surface area (Å²) in [6, 6.07) is 6.72. The Balaban J connectivity index is 1.97. The van der Waals surface area contributed by atoms with Gasteiger partial charge in [-0.1, -0.05) is 6.07 Å². The molecule has 1 fully saturated rings. The molecule has 94 valence electrons. The second-order valence-corrected chi connectivity index (χ2v) is 5.49. The first-order valence-electron chi connectivity index (χ1n) is 6.75. The van der Waals surface area contributed by atoms with Crippen molar-refractivity contribution in [2.75, 3.05) is 0 Å². The number of aromatic amines is 1. The van der Waals surface area contributed by atoms with E-state index in [1.165, 1.54) is 27.7 Å². The molecule has 2 aromatic rings. The monoisotopic (exact) mass is 241 g/mol. The van der Waals surface area contributed by atoms with Crippen LogP contribution in [0.4, 0.5) is 0 Å². The lowest BCUT2D eigenvalue weighted by Crippen LogP contribution is -2.12. The molecule has 0 spiro atoms. The maximum Gasteiger partial charge on any atom is 0.132 e. The van der Waals surface area contributed by atoms with Crippen LogP contribution in [0.25, 0.3) is 10.9 Å². The number of fused-ring (bicyclic) bond motifs is 1. The van der Waals surface area contributed by atoms with E-state index in [1.807, 2.05) is 0 Å². The average Bonchev–Trinajstić information content (AvgIpc) is 2.66. The highest BCUT2D eigenvalue weighted by Crippen LogP contribution is 2.33. The van der Waals surface area contributed by atoms with Gasteiger partial charge in [0.2, 0.25) is 0 Å². The number of carbonyl (C=O) groups is 1. The minimum Gasteiger partial charge on any atom is -0.358 e. The average molecular weight is 241 g/mol. The second-order valence-electron chi connectivity index (χ2n) is 5.49. The molecule has 1 aliphatic rings. The van der Waals surface area contributed by atoms with Crippen LogP contribution in [0.2, 0.25) is 0 Å². The van der Waals surface area contributed by atoms with Gasteiger partial charge in [-0.2, -0.15) is 0 Å².